The maximum absolute atomic E-state index is 13.6. The smallest absolute Gasteiger partial charge is 0.123 e. The maximum atomic E-state index is 13.6. The van der Waals surface area contributed by atoms with Crippen molar-refractivity contribution in [2.24, 2.45) is 0 Å². The molecule has 0 radical (unpaired) electrons. The van der Waals surface area contributed by atoms with Crippen LogP contribution >= 0.6 is 0 Å². The average molecular weight is 314 g/mol. The van der Waals surface area contributed by atoms with Gasteiger partial charge in [0.2, 0.25) is 0 Å². The standard InChI is InChI=1S/C18H19FN2O2/c1-20-11-17(23)18(13-3-2-4-14(19)9-13)21-8-7-12-10-15(22)5-6-16(12)21/h2-10,17-18,20,22-23H,11H2,1H3. The molecule has 0 aliphatic heterocycles. The summed E-state index contributed by atoms with van der Waals surface area (Å²) in [5.41, 5.74) is 1.56. The summed E-state index contributed by atoms with van der Waals surface area (Å²) in [5, 5.41) is 24.0. The summed E-state index contributed by atoms with van der Waals surface area (Å²) in [7, 11) is 1.76. The van der Waals surface area contributed by atoms with E-state index in [4.69, 9.17) is 0 Å². The fourth-order valence-corrected chi connectivity index (χ4v) is 2.97. The van der Waals surface area contributed by atoms with Gasteiger partial charge in [-0.05, 0) is 49.0 Å². The third-order valence-electron chi connectivity index (χ3n) is 3.97. The molecule has 0 aliphatic carbocycles. The summed E-state index contributed by atoms with van der Waals surface area (Å²) in [6.45, 7) is 0.374. The number of nitrogens with one attached hydrogen (secondary N) is 1. The normalized spacial score (nSPS) is 14.0. The van der Waals surface area contributed by atoms with Gasteiger partial charge in [0.15, 0.2) is 0 Å². The molecular weight excluding hydrogens is 295 g/mol. The molecule has 3 aromatic rings. The Morgan fingerprint density at radius 2 is 2.00 bits per heavy atom. The zero-order chi connectivity index (χ0) is 16.4. The first-order chi connectivity index (χ1) is 11.1. The lowest BCUT2D eigenvalue weighted by Crippen LogP contribution is -2.33. The Balaban J connectivity index is 2.13. The molecule has 120 valence electrons. The molecule has 4 nitrogen and oxygen atoms in total. The van der Waals surface area contributed by atoms with Crippen LogP contribution in [0.3, 0.4) is 0 Å². The first-order valence-corrected chi connectivity index (χ1v) is 7.48. The number of hydrogen-bond donors (Lipinski definition) is 3. The molecule has 0 saturated carbocycles. The second-order valence-electron chi connectivity index (χ2n) is 5.59. The Hall–Kier alpha value is -2.37. The number of aliphatic hydroxyl groups excluding tert-OH is 1. The predicted molar refractivity (Wildman–Crippen MR) is 88.1 cm³/mol. The second kappa shape index (κ2) is 6.40. The monoisotopic (exact) mass is 314 g/mol. The van der Waals surface area contributed by atoms with Crippen LogP contribution in [-0.4, -0.2) is 34.5 Å². The molecule has 0 aliphatic rings. The van der Waals surface area contributed by atoms with E-state index in [1.54, 1.807) is 37.4 Å². The largest absolute Gasteiger partial charge is 0.508 e. The second-order valence-corrected chi connectivity index (χ2v) is 5.59. The molecule has 2 aromatic carbocycles. The van der Waals surface area contributed by atoms with E-state index in [9.17, 15) is 14.6 Å². The first-order valence-electron chi connectivity index (χ1n) is 7.48. The molecule has 0 bridgehead atoms. The molecule has 1 heterocycles. The molecule has 0 amide bonds. The van der Waals surface area contributed by atoms with E-state index < -0.39 is 12.1 Å². The molecule has 5 heteroatoms. The Morgan fingerprint density at radius 1 is 1.17 bits per heavy atom. The number of rotatable bonds is 5. The van der Waals surface area contributed by atoms with Crippen LogP contribution in [0.15, 0.2) is 54.7 Å². The van der Waals surface area contributed by atoms with E-state index in [1.807, 2.05) is 16.8 Å². The van der Waals surface area contributed by atoms with Gasteiger partial charge in [0.05, 0.1) is 12.1 Å². The van der Waals surface area contributed by atoms with Crippen molar-refractivity contribution in [1.82, 2.24) is 9.88 Å². The maximum Gasteiger partial charge on any atom is 0.123 e. The highest BCUT2D eigenvalue weighted by molar-refractivity contribution is 5.82. The lowest BCUT2D eigenvalue weighted by molar-refractivity contribution is 0.132. The van der Waals surface area contributed by atoms with E-state index in [-0.39, 0.29) is 11.6 Å². The number of aliphatic hydroxyl groups is 1. The summed E-state index contributed by atoms with van der Waals surface area (Å²) < 4.78 is 15.6. The third-order valence-corrected chi connectivity index (χ3v) is 3.97. The van der Waals surface area contributed by atoms with E-state index in [2.05, 4.69) is 5.32 Å². The number of halogens is 1. The van der Waals surface area contributed by atoms with Crippen molar-refractivity contribution >= 4 is 10.9 Å². The van der Waals surface area contributed by atoms with E-state index in [0.717, 1.165) is 10.9 Å². The molecule has 0 spiro atoms. The highest BCUT2D eigenvalue weighted by atomic mass is 19.1. The predicted octanol–water partition coefficient (Wildman–Crippen LogP) is 2.66. The van der Waals surface area contributed by atoms with Gasteiger partial charge in [0, 0.05) is 23.6 Å². The quantitative estimate of drug-likeness (QED) is 0.678. The number of benzene rings is 2. The molecule has 0 fully saturated rings. The Morgan fingerprint density at radius 3 is 2.74 bits per heavy atom. The van der Waals surface area contributed by atoms with Gasteiger partial charge in [0.25, 0.3) is 0 Å². The molecule has 3 N–H and O–H groups in total. The van der Waals surface area contributed by atoms with Crippen LogP contribution < -0.4 is 5.32 Å². The number of phenolic OH excluding ortho intramolecular Hbond substituents is 1. The molecule has 2 atom stereocenters. The summed E-state index contributed by atoms with van der Waals surface area (Å²) in [5.74, 6) is -0.147. The number of hydrogen-bond acceptors (Lipinski definition) is 3. The third kappa shape index (κ3) is 3.06. The zero-order valence-electron chi connectivity index (χ0n) is 12.8. The number of phenols is 1. The summed E-state index contributed by atoms with van der Waals surface area (Å²) in [6.07, 6.45) is 1.12. The molecule has 0 saturated heterocycles. The van der Waals surface area contributed by atoms with Crippen LogP contribution in [0.5, 0.6) is 5.75 Å². The molecule has 23 heavy (non-hydrogen) atoms. The molecule has 3 rings (SSSR count). The fraction of sp³-hybridized carbons (Fsp3) is 0.222. The number of likely N-dealkylation sites (N-methyl/N-ethyl adjacent to an activating group) is 1. The van der Waals surface area contributed by atoms with Crippen molar-refractivity contribution in [3.05, 3.63) is 66.1 Å². The summed E-state index contributed by atoms with van der Waals surface area (Å²) in [4.78, 5) is 0. The highest BCUT2D eigenvalue weighted by Crippen LogP contribution is 2.29. The van der Waals surface area contributed by atoms with Gasteiger partial charge >= 0.3 is 0 Å². The summed E-state index contributed by atoms with van der Waals surface area (Å²) >= 11 is 0. The van der Waals surface area contributed by atoms with Gasteiger partial charge in [0.1, 0.15) is 11.6 Å². The van der Waals surface area contributed by atoms with E-state index >= 15 is 0 Å². The first kappa shape index (κ1) is 15.5. The number of aromatic nitrogens is 1. The van der Waals surface area contributed by atoms with Gasteiger partial charge in [-0.15, -0.1) is 0 Å². The van der Waals surface area contributed by atoms with Gasteiger partial charge in [-0.2, -0.15) is 0 Å². The Bertz CT molecular complexity index is 816. The minimum absolute atomic E-state index is 0.188. The van der Waals surface area contributed by atoms with E-state index in [1.165, 1.54) is 12.1 Å². The Labute approximate surface area is 133 Å². The summed E-state index contributed by atoms with van der Waals surface area (Å²) in [6, 6.07) is 12.8. The topological polar surface area (TPSA) is 57.4 Å². The molecule has 2 unspecified atom stereocenters. The van der Waals surface area contributed by atoms with Crippen LogP contribution in [0.2, 0.25) is 0 Å². The number of fused-ring (bicyclic) bond motifs is 1. The van der Waals surface area contributed by atoms with Crippen LogP contribution in [0.4, 0.5) is 4.39 Å². The van der Waals surface area contributed by atoms with Crippen molar-refractivity contribution in [3.63, 3.8) is 0 Å². The van der Waals surface area contributed by atoms with Crippen LogP contribution in [-0.2, 0) is 0 Å². The van der Waals surface area contributed by atoms with Gasteiger partial charge < -0.3 is 20.1 Å². The van der Waals surface area contributed by atoms with Crippen LogP contribution in [0.1, 0.15) is 11.6 Å². The minimum atomic E-state index is -0.730. The van der Waals surface area contributed by atoms with Crippen molar-refractivity contribution in [2.75, 3.05) is 13.6 Å². The minimum Gasteiger partial charge on any atom is -0.508 e. The fourth-order valence-electron chi connectivity index (χ4n) is 2.97. The van der Waals surface area contributed by atoms with Gasteiger partial charge in [-0.1, -0.05) is 12.1 Å². The lowest BCUT2D eigenvalue weighted by Gasteiger charge is -2.26. The molecule has 1 aromatic heterocycles. The average Bonchev–Trinajstić information content (AvgIpc) is 2.91. The highest BCUT2D eigenvalue weighted by Gasteiger charge is 2.24. The molecular formula is C18H19FN2O2. The zero-order valence-corrected chi connectivity index (χ0v) is 12.8. The van der Waals surface area contributed by atoms with Crippen molar-refractivity contribution in [3.8, 4) is 5.75 Å². The van der Waals surface area contributed by atoms with Crippen LogP contribution in [0.25, 0.3) is 10.9 Å². The number of nitrogens with zero attached hydrogens (tertiary/aromatic N) is 1. The lowest BCUT2D eigenvalue weighted by atomic mass is 10.0. The van der Waals surface area contributed by atoms with E-state index in [0.29, 0.717) is 12.1 Å². The van der Waals surface area contributed by atoms with Crippen molar-refractivity contribution < 1.29 is 14.6 Å². The van der Waals surface area contributed by atoms with Gasteiger partial charge in [-0.25, -0.2) is 4.39 Å². The van der Waals surface area contributed by atoms with Crippen molar-refractivity contribution in [1.29, 1.82) is 0 Å². The van der Waals surface area contributed by atoms with Crippen LogP contribution in [0, 0.1) is 5.82 Å². The SMILES string of the molecule is CNCC(O)C(c1cccc(F)c1)n1ccc2cc(O)ccc21. The Kier molecular flexibility index (Phi) is 4.32. The van der Waals surface area contributed by atoms with Gasteiger partial charge in [-0.3, -0.25) is 0 Å². The number of aromatic hydroxyl groups is 1. The van der Waals surface area contributed by atoms with Crippen molar-refractivity contribution in [2.45, 2.75) is 12.1 Å².